The van der Waals surface area contributed by atoms with Crippen molar-refractivity contribution in [2.45, 2.75) is 61.0 Å². The Hall–Kier alpha value is -1.85. The van der Waals surface area contributed by atoms with Gasteiger partial charge in [-0.15, -0.1) is 0 Å². The number of sulfonamides is 2. The lowest BCUT2D eigenvalue weighted by molar-refractivity contribution is 0.0926. The quantitative estimate of drug-likeness (QED) is 0.540. The van der Waals surface area contributed by atoms with Crippen LogP contribution in [0.25, 0.3) is 0 Å². The van der Waals surface area contributed by atoms with E-state index >= 15 is 0 Å². The van der Waals surface area contributed by atoms with Crippen LogP contribution >= 0.6 is 0 Å². The molecule has 0 unspecified atom stereocenters. The van der Waals surface area contributed by atoms with Crippen molar-refractivity contribution in [1.82, 2.24) is 8.61 Å². The second-order valence-corrected chi connectivity index (χ2v) is 12.7. The molecule has 2 aromatic rings. The number of benzene rings is 2. The minimum Gasteiger partial charge on any atom is -0.377 e. The molecule has 4 rings (SSSR count). The molecule has 0 radical (unpaired) electrons. The minimum atomic E-state index is -3.94. The Morgan fingerprint density at radius 2 is 1.47 bits per heavy atom. The van der Waals surface area contributed by atoms with Gasteiger partial charge in [0.05, 0.1) is 15.9 Å². The molecule has 0 bridgehead atoms. The monoisotopic (exact) mass is 510 g/mol. The molecule has 34 heavy (non-hydrogen) atoms. The van der Waals surface area contributed by atoms with Gasteiger partial charge in [0.15, 0.2) is 0 Å². The maximum Gasteiger partial charge on any atom is 0.243 e. The summed E-state index contributed by atoms with van der Waals surface area (Å²) in [6.45, 7) is 1.80. The zero-order valence-electron chi connectivity index (χ0n) is 19.1. The normalized spacial score (nSPS) is 20.5. The van der Waals surface area contributed by atoms with Crippen LogP contribution in [-0.4, -0.2) is 57.8 Å². The first-order chi connectivity index (χ1) is 16.3. The van der Waals surface area contributed by atoms with Crippen LogP contribution in [0.4, 0.5) is 4.39 Å². The summed E-state index contributed by atoms with van der Waals surface area (Å²) in [4.78, 5) is 0.111. The van der Waals surface area contributed by atoms with Crippen molar-refractivity contribution in [2.24, 2.45) is 0 Å². The van der Waals surface area contributed by atoms with Gasteiger partial charge in [-0.2, -0.15) is 8.61 Å². The van der Waals surface area contributed by atoms with Gasteiger partial charge in [-0.25, -0.2) is 21.2 Å². The average molecular weight is 511 g/mol. The zero-order valence-corrected chi connectivity index (χ0v) is 20.7. The smallest absolute Gasteiger partial charge is 0.243 e. The molecule has 2 aliphatic heterocycles. The first kappa shape index (κ1) is 25.2. The Labute approximate surface area is 201 Å². The maximum atomic E-state index is 13.5. The molecule has 1 atom stereocenters. The molecule has 2 aromatic carbocycles. The van der Waals surface area contributed by atoms with Crippen LogP contribution in [0, 0.1) is 5.82 Å². The molecule has 10 heteroatoms. The number of hydrogen-bond donors (Lipinski definition) is 0. The molecule has 2 aliphatic rings. The molecule has 0 aromatic heterocycles. The molecule has 7 nitrogen and oxygen atoms in total. The summed E-state index contributed by atoms with van der Waals surface area (Å²) < 4.78 is 75.0. The van der Waals surface area contributed by atoms with Gasteiger partial charge in [-0.1, -0.05) is 25.0 Å². The Morgan fingerprint density at radius 3 is 2.06 bits per heavy atom. The third-order valence-electron chi connectivity index (χ3n) is 6.37. The number of ether oxygens (including phenoxy) is 1. The minimum absolute atomic E-state index is 0.0161. The van der Waals surface area contributed by atoms with E-state index in [0.29, 0.717) is 25.3 Å². The highest BCUT2D eigenvalue weighted by molar-refractivity contribution is 7.89. The fourth-order valence-corrected chi connectivity index (χ4v) is 7.40. The highest BCUT2D eigenvalue weighted by Crippen LogP contribution is 2.25. The largest absolute Gasteiger partial charge is 0.377 e. The summed E-state index contributed by atoms with van der Waals surface area (Å²) >= 11 is 0. The molecule has 0 amide bonds. The van der Waals surface area contributed by atoms with E-state index in [1.54, 1.807) is 12.1 Å². The summed E-state index contributed by atoms with van der Waals surface area (Å²) in [7, 11) is -7.61. The van der Waals surface area contributed by atoms with Gasteiger partial charge < -0.3 is 4.74 Å². The molecule has 0 saturated carbocycles. The maximum absolute atomic E-state index is 13.5. The molecule has 0 aliphatic carbocycles. The van der Waals surface area contributed by atoms with Gasteiger partial charge in [-0.05, 0) is 67.6 Å². The van der Waals surface area contributed by atoms with Gasteiger partial charge in [0.1, 0.15) is 5.82 Å². The number of hydrogen-bond acceptors (Lipinski definition) is 5. The Balaban J connectivity index is 1.58. The fourth-order valence-electron chi connectivity index (χ4n) is 4.42. The standard InChI is InChI=1S/C24H31FN2O5S2/c25-21-9-7-20(8-10-21)18-27(19-22-6-5-17-32-22)34(30,31)24-13-11-23(12-14-24)33(28,29)26-15-3-1-2-4-16-26/h7-14,22H,1-6,15-19H2/t22-/m1/s1. The topological polar surface area (TPSA) is 84.0 Å². The van der Waals surface area contributed by atoms with Crippen LogP contribution in [0.5, 0.6) is 0 Å². The molecule has 0 N–H and O–H groups in total. The van der Waals surface area contributed by atoms with E-state index in [0.717, 1.165) is 38.5 Å². The summed E-state index contributed by atoms with van der Waals surface area (Å²) in [5.41, 5.74) is 0.656. The van der Waals surface area contributed by atoms with Crippen LogP contribution in [-0.2, 0) is 31.3 Å². The van der Waals surface area contributed by atoms with Crippen LogP contribution in [0.1, 0.15) is 44.1 Å². The molecule has 2 fully saturated rings. The Bertz CT molecular complexity index is 1150. The van der Waals surface area contributed by atoms with Crippen molar-refractivity contribution < 1.29 is 26.0 Å². The summed E-state index contributed by atoms with van der Waals surface area (Å²) in [5.74, 6) is -0.390. The summed E-state index contributed by atoms with van der Waals surface area (Å²) in [5, 5.41) is 0. The van der Waals surface area contributed by atoms with E-state index in [-0.39, 0.29) is 29.0 Å². The molecule has 2 saturated heterocycles. The van der Waals surface area contributed by atoms with Crippen LogP contribution in [0.2, 0.25) is 0 Å². The van der Waals surface area contributed by atoms with E-state index in [1.165, 1.54) is 45.0 Å². The first-order valence-electron chi connectivity index (χ1n) is 11.7. The van der Waals surface area contributed by atoms with Crippen molar-refractivity contribution in [3.63, 3.8) is 0 Å². The lowest BCUT2D eigenvalue weighted by atomic mass is 10.2. The Kier molecular flexibility index (Phi) is 8.04. The third kappa shape index (κ3) is 5.85. The molecule has 0 spiro atoms. The van der Waals surface area contributed by atoms with Crippen molar-refractivity contribution in [1.29, 1.82) is 0 Å². The second kappa shape index (κ2) is 10.8. The van der Waals surface area contributed by atoms with Gasteiger partial charge in [0.2, 0.25) is 20.0 Å². The van der Waals surface area contributed by atoms with Crippen LogP contribution in [0.15, 0.2) is 58.3 Å². The predicted octanol–water partition coefficient (Wildman–Crippen LogP) is 3.76. The van der Waals surface area contributed by atoms with Gasteiger partial charge in [0.25, 0.3) is 0 Å². The Morgan fingerprint density at radius 1 is 0.853 bits per heavy atom. The van der Waals surface area contributed by atoms with Gasteiger partial charge in [0, 0.05) is 32.8 Å². The number of nitrogens with zero attached hydrogens (tertiary/aromatic N) is 2. The van der Waals surface area contributed by atoms with Crippen molar-refractivity contribution in [3.8, 4) is 0 Å². The van der Waals surface area contributed by atoms with E-state index in [2.05, 4.69) is 0 Å². The highest BCUT2D eigenvalue weighted by atomic mass is 32.2. The van der Waals surface area contributed by atoms with E-state index < -0.39 is 25.9 Å². The SMILES string of the molecule is O=S(=O)(c1ccc(S(=O)(=O)N(Cc2ccc(F)cc2)C[C@H]2CCCO2)cc1)N1CCCCCC1. The van der Waals surface area contributed by atoms with E-state index in [4.69, 9.17) is 4.74 Å². The van der Waals surface area contributed by atoms with Crippen molar-refractivity contribution in [3.05, 3.63) is 59.9 Å². The predicted molar refractivity (Wildman–Crippen MR) is 127 cm³/mol. The van der Waals surface area contributed by atoms with Gasteiger partial charge in [-0.3, -0.25) is 0 Å². The lowest BCUT2D eigenvalue weighted by Gasteiger charge is -2.25. The lowest BCUT2D eigenvalue weighted by Crippen LogP contribution is -2.37. The zero-order chi connectivity index (χ0) is 24.2. The molecule has 186 valence electrons. The average Bonchev–Trinajstić information content (AvgIpc) is 3.18. The van der Waals surface area contributed by atoms with Crippen LogP contribution < -0.4 is 0 Å². The molecular formula is C24H31FN2O5S2. The van der Waals surface area contributed by atoms with Gasteiger partial charge >= 0.3 is 0 Å². The van der Waals surface area contributed by atoms with E-state index in [1.807, 2.05) is 0 Å². The number of halogens is 1. The van der Waals surface area contributed by atoms with E-state index in [9.17, 15) is 21.2 Å². The number of rotatable bonds is 8. The third-order valence-corrected chi connectivity index (χ3v) is 10.1. The molecular weight excluding hydrogens is 479 g/mol. The van der Waals surface area contributed by atoms with Crippen molar-refractivity contribution >= 4 is 20.0 Å². The second-order valence-electron chi connectivity index (χ2n) is 8.85. The molecule has 2 heterocycles. The first-order valence-corrected chi connectivity index (χ1v) is 14.6. The highest BCUT2D eigenvalue weighted by Gasteiger charge is 2.31. The summed E-state index contributed by atoms with van der Waals surface area (Å²) in [6, 6.07) is 11.2. The van der Waals surface area contributed by atoms with Crippen LogP contribution in [0.3, 0.4) is 0 Å². The fraction of sp³-hybridized carbons (Fsp3) is 0.500. The van der Waals surface area contributed by atoms with Crippen molar-refractivity contribution in [2.75, 3.05) is 26.2 Å². The summed E-state index contributed by atoms with van der Waals surface area (Å²) in [6.07, 6.45) is 5.11.